The number of benzene rings is 1. The van der Waals surface area contributed by atoms with E-state index in [1.54, 1.807) is 11.8 Å². The molecule has 0 unspecified atom stereocenters. The lowest BCUT2D eigenvalue weighted by Gasteiger charge is -2.32. The minimum atomic E-state index is 0. The van der Waals surface area contributed by atoms with Gasteiger partial charge in [-0.2, -0.15) is 0 Å². The third kappa shape index (κ3) is 4.84. The molecule has 1 aromatic heterocycles. The quantitative estimate of drug-likeness (QED) is 0.831. The van der Waals surface area contributed by atoms with Crippen LogP contribution >= 0.6 is 35.5 Å². The maximum absolute atomic E-state index is 5.58. The molecular formula is C15H21ClN4S2. The van der Waals surface area contributed by atoms with E-state index in [0.717, 1.165) is 22.6 Å². The van der Waals surface area contributed by atoms with Gasteiger partial charge in [-0.25, -0.2) is 0 Å². The van der Waals surface area contributed by atoms with Crippen LogP contribution in [0.2, 0.25) is 0 Å². The first-order valence-electron chi connectivity index (χ1n) is 7.30. The number of aromatic nitrogens is 2. The number of likely N-dealkylation sites (tertiary alicyclic amines) is 1. The van der Waals surface area contributed by atoms with Gasteiger partial charge in [0.05, 0.1) is 0 Å². The van der Waals surface area contributed by atoms with Gasteiger partial charge in [-0.3, -0.25) is 0 Å². The van der Waals surface area contributed by atoms with Gasteiger partial charge in [0.15, 0.2) is 4.34 Å². The number of halogens is 1. The van der Waals surface area contributed by atoms with Crippen LogP contribution in [0.4, 0.5) is 5.13 Å². The molecular weight excluding hydrogens is 336 g/mol. The van der Waals surface area contributed by atoms with Gasteiger partial charge >= 0.3 is 0 Å². The Morgan fingerprint density at radius 1 is 1.18 bits per heavy atom. The minimum absolute atomic E-state index is 0. The Hall–Kier alpha value is -0.820. The van der Waals surface area contributed by atoms with Gasteiger partial charge in [0.25, 0.3) is 0 Å². The Morgan fingerprint density at radius 2 is 1.91 bits per heavy atom. The first kappa shape index (κ1) is 17.5. The Labute approximate surface area is 145 Å². The molecule has 1 saturated heterocycles. The van der Waals surface area contributed by atoms with Crippen LogP contribution in [0.5, 0.6) is 0 Å². The molecule has 0 radical (unpaired) electrons. The van der Waals surface area contributed by atoms with Crippen molar-refractivity contribution in [3.63, 3.8) is 0 Å². The molecule has 1 fully saturated rings. The Balaban J connectivity index is 0.00000176. The van der Waals surface area contributed by atoms with Crippen LogP contribution in [0, 0.1) is 0 Å². The molecule has 0 aliphatic carbocycles. The van der Waals surface area contributed by atoms with Crippen molar-refractivity contribution in [2.45, 2.75) is 23.1 Å². The fraction of sp³-hybridized carbons (Fsp3) is 0.467. The molecule has 0 atom stereocenters. The monoisotopic (exact) mass is 356 g/mol. The lowest BCUT2D eigenvalue weighted by Crippen LogP contribution is -2.34. The Kier molecular flexibility index (Phi) is 6.95. The molecule has 0 saturated carbocycles. The van der Waals surface area contributed by atoms with E-state index in [1.807, 2.05) is 0 Å². The van der Waals surface area contributed by atoms with Gasteiger partial charge in [-0.15, -0.1) is 22.6 Å². The van der Waals surface area contributed by atoms with E-state index in [1.165, 1.54) is 42.8 Å². The van der Waals surface area contributed by atoms with Crippen LogP contribution < -0.4 is 5.73 Å². The second-order valence-corrected chi connectivity index (χ2v) is 7.63. The standard InChI is InChI=1S/C15H20N4S2.ClH/c16-14-17-18-15(21-14)20-11-10-19-8-6-13(7-9-19)12-4-2-1-3-5-12;/h1-5,13H,6-11H2,(H2,16,17);1H. The number of hydrogen-bond acceptors (Lipinski definition) is 6. The maximum Gasteiger partial charge on any atom is 0.203 e. The van der Waals surface area contributed by atoms with Crippen LogP contribution in [0.1, 0.15) is 24.3 Å². The van der Waals surface area contributed by atoms with Crippen molar-refractivity contribution in [1.29, 1.82) is 0 Å². The topological polar surface area (TPSA) is 55.0 Å². The van der Waals surface area contributed by atoms with Gasteiger partial charge in [-0.05, 0) is 37.4 Å². The lowest BCUT2D eigenvalue weighted by molar-refractivity contribution is 0.224. The summed E-state index contributed by atoms with van der Waals surface area (Å²) in [7, 11) is 0. The van der Waals surface area contributed by atoms with E-state index in [4.69, 9.17) is 5.73 Å². The van der Waals surface area contributed by atoms with Crippen molar-refractivity contribution in [3.05, 3.63) is 35.9 Å². The van der Waals surface area contributed by atoms with Gasteiger partial charge in [-0.1, -0.05) is 53.4 Å². The summed E-state index contributed by atoms with van der Waals surface area (Å²) >= 11 is 3.23. The number of nitrogens with two attached hydrogens (primary N) is 1. The molecule has 0 bridgehead atoms. The molecule has 1 aliphatic heterocycles. The minimum Gasteiger partial charge on any atom is -0.374 e. The second kappa shape index (κ2) is 8.72. The number of hydrogen-bond donors (Lipinski definition) is 1. The third-order valence-corrected chi connectivity index (χ3v) is 5.78. The second-order valence-electron chi connectivity index (χ2n) is 5.28. The van der Waals surface area contributed by atoms with Gasteiger partial charge < -0.3 is 10.6 Å². The van der Waals surface area contributed by atoms with E-state index in [0.29, 0.717) is 5.13 Å². The zero-order valence-corrected chi connectivity index (χ0v) is 14.8. The summed E-state index contributed by atoms with van der Waals surface area (Å²) in [5.74, 6) is 1.79. The first-order valence-corrected chi connectivity index (χ1v) is 9.10. The molecule has 7 heteroatoms. The van der Waals surface area contributed by atoms with Gasteiger partial charge in [0.1, 0.15) is 0 Å². The Bertz CT molecular complexity index is 556. The summed E-state index contributed by atoms with van der Waals surface area (Å²) in [4.78, 5) is 2.55. The smallest absolute Gasteiger partial charge is 0.203 e. The predicted octanol–water partition coefficient (Wildman–Crippen LogP) is 3.51. The average Bonchev–Trinajstić information content (AvgIpc) is 2.94. The van der Waals surface area contributed by atoms with Crippen LogP contribution in [0.3, 0.4) is 0 Å². The fourth-order valence-corrected chi connectivity index (χ4v) is 4.46. The molecule has 4 nitrogen and oxygen atoms in total. The van der Waals surface area contributed by atoms with Crippen molar-refractivity contribution < 1.29 is 0 Å². The summed E-state index contributed by atoms with van der Waals surface area (Å²) in [5.41, 5.74) is 7.08. The summed E-state index contributed by atoms with van der Waals surface area (Å²) in [5, 5.41) is 8.43. The maximum atomic E-state index is 5.58. The molecule has 22 heavy (non-hydrogen) atoms. The Morgan fingerprint density at radius 3 is 2.55 bits per heavy atom. The molecule has 2 N–H and O–H groups in total. The average molecular weight is 357 g/mol. The number of rotatable bonds is 5. The number of piperidine rings is 1. The molecule has 120 valence electrons. The zero-order chi connectivity index (χ0) is 14.5. The highest BCUT2D eigenvalue weighted by Crippen LogP contribution is 2.28. The van der Waals surface area contributed by atoms with E-state index in [-0.39, 0.29) is 12.4 Å². The normalized spacial score (nSPS) is 16.4. The largest absolute Gasteiger partial charge is 0.374 e. The highest BCUT2D eigenvalue weighted by molar-refractivity contribution is 8.01. The summed E-state index contributed by atoms with van der Waals surface area (Å²) < 4.78 is 0.978. The SMILES string of the molecule is Cl.Nc1nnc(SCCN2CCC(c3ccccc3)CC2)s1. The molecule has 1 aliphatic rings. The molecule has 2 aromatic rings. The zero-order valence-electron chi connectivity index (χ0n) is 12.4. The van der Waals surface area contributed by atoms with Crippen molar-refractivity contribution in [3.8, 4) is 0 Å². The summed E-state index contributed by atoms with van der Waals surface area (Å²) in [6.45, 7) is 3.50. The fourth-order valence-electron chi connectivity index (χ4n) is 2.76. The van der Waals surface area contributed by atoms with E-state index in [2.05, 4.69) is 45.4 Å². The first-order chi connectivity index (χ1) is 10.3. The highest BCUT2D eigenvalue weighted by Gasteiger charge is 2.20. The van der Waals surface area contributed by atoms with Crippen molar-refractivity contribution in [1.82, 2.24) is 15.1 Å². The van der Waals surface area contributed by atoms with Crippen molar-refractivity contribution in [2.75, 3.05) is 31.1 Å². The van der Waals surface area contributed by atoms with Crippen LogP contribution in [0.15, 0.2) is 34.7 Å². The predicted molar refractivity (Wildman–Crippen MR) is 97.2 cm³/mol. The van der Waals surface area contributed by atoms with Crippen LogP contribution in [-0.4, -0.2) is 40.5 Å². The number of nitrogen functional groups attached to an aromatic ring is 1. The summed E-state index contributed by atoms with van der Waals surface area (Å²) in [6.07, 6.45) is 2.53. The van der Waals surface area contributed by atoms with Crippen molar-refractivity contribution in [2.24, 2.45) is 0 Å². The molecule has 0 amide bonds. The highest BCUT2D eigenvalue weighted by atomic mass is 35.5. The number of thioether (sulfide) groups is 1. The van der Waals surface area contributed by atoms with Crippen LogP contribution in [0.25, 0.3) is 0 Å². The van der Waals surface area contributed by atoms with Gasteiger partial charge in [0.2, 0.25) is 5.13 Å². The van der Waals surface area contributed by atoms with E-state index in [9.17, 15) is 0 Å². The van der Waals surface area contributed by atoms with Gasteiger partial charge in [0, 0.05) is 12.3 Å². The number of anilines is 1. The molecule has 2 heterocycles. The van der Waals surface area contributed by atoms with E-state index < -0.39 is 0 Å². The third-order valence-electron chi connectivity index (χ3n) is 3.91. The van der Waals surface area contributed by atoms with Crippen molar-refractivity contribution >= 4 is 40.6 Å². The van der Waals surface area contributed by atoms with Crippen LogP contribution in [-0.2, 0) is 0 Å². The van der Waals surface area contributed by atoms with E-state index >= 15 is 0 Å². The molecule has 1 aromatic carbocycles. The lowest BCUT2D eigenvalue weighted by atomic mass is 9.89. The summed E-state index contributed by atoms with van der Waals surface area (Å²) in [6, 6.07) is 10.9. The molecule has 0 spiro atoms. The molecule has 3 rings (SSSR count). The number of nitrogens with zero attached hydrogens (tertiary/aromatic N) is 3.